The quantitative estimate of drug-likeness (QED) is 0.683. The molecule has 2 aromatic carbocycles. The first kappa shape index (κ1) is 18.8. The van der Waals surface area contributed by atoms with Crippen molar-refractivity contribution in [1.82, 2.24) is 0 Å². The minimum absolute atomic E-state index is 0.0271. The van der Waals surface area contributed by atoms with Crippen molar-refractivity contribution < 1.29 is 23.6 Å². The average Bonchev–Trinajstić information content (AvgIpc) is 3.51. The molecule has 1 saturated heterocycles. The number of halogens is 2. The van der Waals surface area contributed by atoms with E-state index in [1.807, 2.05) is 24.3 Å². The highest BCUT2D eigenvalue weighted by Crippen LogP contribution is 2.62. The molecule has 4 aliphatic rings. The van der Waals surface area contributed by atoms with Crippen LogP contribution in [0.2, 0.25) is 5.02 Å². The Hall–Kier alpha value is -2.93. The van der Waals surface area contributed by atoms with Crippen molar-refractivity contribution in [2.24, 2.45) is 34.7 Å². The first-order valence-electron chi connectivity index (χ1n) is 10.2. The Bertz CT molecular complexity index is 1150. The number of ether oxygens (including phenoxy) is 1. The SMILES string of the molecule is COc1ccc(C2=NO[C@@H]3[C@@H]4C[C@@H]([C@H]5C(=O)N(c6ccc(F)c(Cl)c6)C(=O)[C@@H]45)[C@H]23)cc1. The highest BCUT2D eigenvalue weighted by molar-refractivity contribution is 6.31. The van der Waals surface area contributed by atoms with Gasteiger partial charge in [0.1, 0.15) is 17.7 Å². The van der Waals surface area contributed by atoms with Gasteiger partial charge in [-0.25, -0.2) is 9.29 Å². The number of imide groups is 1. The molecule has 2 aliphatic carbocycles. The van der Waals surface area contributed by atoms with Gasteiger partial charge < -0.3 is 9.57 Å². The number of methoxy groups -OCH3 is 1. The van der Waals surface area contributed by atoms with E-state index in [2.05, 4.69) is 5.16 Å². The Morgan fingerprint density at radius 1 is 1.06 bits per heavy atom. The predicted molar refractivity (Wildman–Crippen MR) is 110 cm³/mol. The van der Waals surface area contributed by atoms with Crippen molar-refractivity contribution in [1.29, 1.82) is 0 Å². The summed E-state index contributed by atoms with van der Waals surface area (Å²) in [5.74, 6) is -1.34. The van der Waals surface area contributed by atoms with Gasteiger partial charge in [0.15, 0.2) is 0 Å². The molecular formula is C23H18ClFN2O4. The summed E-state index contributed by atoms with van der Waals surface area (Å²) in [5, 5.41) is 4.22. The first-order chi connectivity index (χ1) is 15.0. The number of rotatable bonds is 3. The van der Waals surface area contributed by atoms with Gasteiger partial charge in [0.2, 0.25) is 11.8 Å². The molecule has 0 spiro atoms. The van der Waals surface area contributed by atoms with Crippen LogP contribution in [0.15, 0.2) is 47.6 Å². The van der Waals surface area contributed by atoms with Gasteiger partial charge in [-0.2, -0.15) is 0 Å². The summed E-state index contributed by atoms with van der Waals surface area (Å²) >= 11 is 5.90. The Kier molecular flexibility index (Phi) is 3.96. The highest BCUT2D eigenvalue weighted by atomic mass is 35.5. The van der Waals surface area contributed by atoms with E-state index < -0.39 is 17.7 Å². The van der Waals surface area contributed by atoms with Gasteiger partial charge in [-0.15, -0.1) is 0 Å². The molecule has 3 fully saturated rings. The van der Waals surface area contributed by atoms with E-state index in [4.69, 9.17) is 21.2 Å². The summed E-state index contributed by atoms with van der Waals surface area (Å²) in [6.45, 7) is 0. The summed E-state index contributed by atoms with van der Waals surface area (Å²) in [5.41, 5.74) is 2.06. The summed E-state index contributed by atoms with van der Waals surface area (Å²) in [6, 6.07) is 11.5. The number of benzene rings is 2. The molecule has 0 aromatic heterocycles. The van der Waals surface area contributed by atoms with Crippen LogP contribution in [0.4, 0.5) is 10.1 Å². The number of carbonyl (C=O) groups is 2. The second kappa shape index (κ2) is 6.53. The third-order valence-corrected chi connectivity index (χ3v) is 7.53. The summed E-state index contributed by atoms with van der Waals surface area (Å²) in [7, 11) is 1.61. The molecule has 2 bridgehead atoms. The minimum atomic E-state index is -0.590. The molecule has 2 saturated carbocycles. The molecule has 6 rings (SSSR count). The molecule has 2 amide bonds. The Balaban J connectivity index is 1.33. The normalized spacial score (nSPS) is 32.7. The standard InChI is InChI=1S/C23H18ClFN2O4/c1-30-12-5-2-10(3-6-12)20-19-13-9-14(21(19)31-26-20)18-17(13)22(28)27(23(18)29)11-4-7-16(25)15(24)8-11/h2-8,13-14,17-19,21H,9H2,1H3/t13-,14+,17+,18-,19+,21+/m0/s1. The first-order valence-corrected chi connectivity index (χ1v) is 10.6. The van der Waals surface area contributed by atoms with Crippen molar-refractivity contribution in [3.8, 4) is 5.75 Å². The molecule has 2 heterocycles. The summed E-state index contributed by atoms with van der Waals surface area (Å²) < 4.78 is 18.8. The van der Waals surface area contributed by atoms with E-state index in [0.29, 0.717) is 5.69 Å². The smallest absolute Gasteiger partial charge is 0.238 e. The Labute approximate surface area is 182 Å². The second-order valence-electron chi connectivity index (χ2n) is 8.53. The Morgan fingerprint density at radius 3 is 2.45 bits per heavy atom. The lowest BCUT2D eigenvalue weighted by Crippen LogP contribution is -2.41. The average molecular weight is 441 g/mol. The zero-order chi connectivity index (χ0) is 21.4. The van der Waals surface area contributed by atoms with E-state index in [1.165, 1.54) is 23.1 Å². The Morgan fingerprint density at radius 2 is 1.77 bits per heavy atom. The number of carbonyl (C=O) groups excluding carboxylic acids is 2. The maximum Gasteiger partial charge on any atom is 0.238 e. The van der Waals surface area contributed by atoms with Crippen LogP contribution in [0.25, 0.3) is 0 Å². The van der Waals surface area contributed by atoms with Gasteiger partial charge >= 0.3 is 0 Å². The van der Waals surface area contributed by atoms with Crippen LogP contribution in [0.3, 0.4) is 0 Å². The van der Waals surface area contributed by atoms with Crippen molar-refractivity contribution in [2.75, 3.05) is 12.0 Å². The largest absolute Gasteiger partial charge is 0.497 e. The van der Waals surface area contributed by atoms with E-state index >= 15 is 0 Å². The molecule has 0 radical (unpaired) electrons. The van der Waals surface area contributed by atoms with Gasteiger partial charge in [-0.3, -0.25) is 9.59 Å². The monoisotopic (exact) mass is 440 g/mol. The van der Waals surface area contributed by atoms with Crippen LogP contribution >= 0.6 is 11.6 Å². The van der Waals surface area contributed by atoms with Crippen LogP contribution in [-0.4, -0.2) is 30.7 Å². The van der Waals surface area contributed by atoms with Gasteiger partial charge in [0.25, 0.3) is 0 Å². The predicted octanol–water partition coefficient (Wildman–Crippen LogP) is 3.66. The van der Waals surface area contributed by atoms with E-state index in [-0.39, 0.29) is 40.7 Å². The number of hydrogen-bond acceptors (Lipinski definition) is 5. The molecular weight excluding hydrogens is 423 g/mol. The van der Waals surface area contributed by atoms with Gasteiger partial charge in [-0.1, -0.05) is 16.8 Å². The molecule has 0 unspecified atom stereocenters. The number of hydrogen-bond donors (Lipinski definition) is 0. The molecule has 2 aromatic rings. The fourth-order valence-electron chi connectivity index (χ4n) is 6.00. The van der Waals surface area contributed by atoms with Gasteiger partial charge in [-0.05, 0) is 54.8 Å². The summed E-state index contributed by atoms with van der Waals surface area (Å²) in [4.78, 5) is 33.6. The maximum atomic E-state index is 13.6. The zero-order valence-corrected chi connectivity index (χ0v) is 17.3. The fourth-order valence-corrected chi connectivity index (χ4v) is 6.18. The van der Waals surface area contributed by atoms with Gasteiger partial charge in [0.05, 0.1) is 35.4 Å². The lowest BCUT2D eigenvalue weighted by molar-refractivity contribution is -0.125. The molecule has 8 heteroatoms. The zero-order valence-electron chi connectivity index (χ0n) is 16.5. The third-order valence-electron chi connectivity index (χ3n) is 7.24. The number of nitrogens with zero attached hydrogens (tertiary/aromatic N) is 2. The van der Waals surface area contributed by atoms with Crippen molar-refractivity contribution >= 4 is 34.8 Å². The lowest BCUT2D eigenvalue weighted by Gasteiger charge is -2.29. The lowest BCUT2D eigenvalue weighted by atomic mass is 9.71. The topological polar surface area (TPSA) is 68.2 Å². The molecule has 158 valence electrons. The maximum absolute atomic E-state index is 13.6. The third kappa shape index (κ3) is 2.47. The van der Waals surface area contributed by atoms with E-state index in [0.717, 1.165) is 23.4 Å². The molecule has 6 atom stereocenters. The second-order valence-corrected chi connectivity index (χ2v) is 8.93. The van der Waals surface area contributed by atoms with Crippen LogP contribution in [0.5, 0.6) is 5.75 Å². The minimum Gasteiger partial charge on any atom is -0.497 e. The number of oxime groups is 1. The van der Waals surface area contributed by atoms with Crippen LogP contribution in [0, 0.1) is 35.4 Å². The molecule has 0 N–H and O–H groups in total. The number of amides is 2. The van der Waals surface area contributed by atoms with Crippen LogP contribution in [-0.2, 0) is 14.4 Å². The molecule has 6 nitrogen and oxygen atoms in total. The van der Waals surface area contributed by atoms with Crippen molar-refractivity contribution in [2.45, 2.75) is 12.5 Å². The van der Waals surface area contributed by atoms with Crippen LogP contribution < -0.4 is 9.64 Å². The molecule has 2 aliphatic heterocycles. The van der Waals surface area contributed by atoms with E-state index in [1.54, 1.807) is 7.11 Å². The van der Waals surface area contributed by atoms with E-state index in [9.17, 15) is 14.0 Å². The highest BCUT2D eigenvalue weighted by Gasteiger charge is 2.70. The number of fused-ring (bicyclic) bond motifs is 8. The molecule has 31 heavy (non-hydrogen) atoms. The van der Waals surface area contributed by atoms with Crippen molar-refractivity contribution in [3.05, 3.63) is 58.9 Å². The van der Waals surface area contributed by atoms with Crippen LogP contribution in [0.1, 0.15) is 12.0 Å². The summed E-state index contributed by atoms with van der Waals surface area (Å²) in [6.07, 6.45) is 0.548. The number of anilines is 1. The van der Waals surface area contributed by atoms with Crippen molar-refractivity contribution in [3.63, 3.8) is 0 Å². The fraction of sp³-hybridized carbons (Fsp3) is 0.348. The van der Waals surface area contributed by atoms with Gasteiger partial charge in [0, 0.05) is 17.4 Å².